The van der Waals surface area contributed by atoms with E-state index in [1.807, 2.05) is 79.8 Å². The molecule has 236 valence electrons. The Bertz CT molecular complexity index is 1160. The van der Waals surface area contributed by atoms with E-state index in [9.17, 15) is 19.2 Å². The van der Waals surface area contributed by atoms with Crippen LogP contribution in [0.1, 0.15) is 41.2 Å². The Morgan fingerprint density at radius 2 is 1.23 bits per heavy atom. The van der Waals surface area contributed by atoms with Gasteiger partial charge >= 0.3 is 11.9 Å². The van der Waals surface area contributed by atoms with Gasteiger partial charge in [0.1, 0.15) is 18.9 Å². The highest BCUT2D eigenvalue weighted by Crippen LogP contribution is 2.11. The lowest BCUT2D eigenvalue weighted by Gasteiger charge is -2.06. The molecule has 0 aliphatic rings. The molecule has 43 heavy (non-hydrogen) atoms. The number of hydrogen-bond acceptors (Lipinski definition) is 10. The highest BCUT2D eigenvalue weighted by molar-refractivity contribution is 5.98. The van der Waals surface area contributed by atoms with E-state index in [4.69, 9.17) is 31.2 Å². The van der Waals surface area contributed by atoms with Gasteiger partial charge in [-0.15, -0.1) is 0 Å². The Labute approximate surface area is 251 Å². The van der Waals surface area contributed by atoms with Gasteiger partial charge in [0.2, 0.25) is 6.41 Å². The summed E-state index contributed by atoms with van der Waals surface area (Å²) in [6.45, 7) is 6.19. The Balaban J connectivity index is 0. The summed E-state index contributed by atoms with van der Waals surface area (Å²) in [6, 6.07) is 20.2. The summed E-state index contributed by atoms with van der Waals surface area (Å²) in [5, 5.41) is 20.3. The highest BCUT2D eigenvalue weighted by Gasteiger charge is 2.15. The van der Waals surface area contributed by atoms with Crippen molar-refractivity contribution in [1.29, 1.82) is 0 Å². The highest BCUT2D eigenvalue weighted by atomic mass is 16.5. The van der Waals surface area contributed by atoms with E-state index in [0.29, 0.717) is 25.3 Å². The van der Waals surface area contributed by atoms with Crippen LogP contribution in [0.3, 0.4) is 0 Å². The molecule has 0 spiro atoms. The third kappa shape index (κ3) is 21.4. The second-order valence-electron chi connectivity index (χ2n) is 7.73. The fourth-order valence-electron chi connectivity index (χ4n) is 2.57. The van der Waals surface area contributed by atoms with Crippen molar-refractivity contribution >= 4 is 35.9 Å². The number of carboxylic acids is 2. The lowest BCUT2D eigenvalue weighted by Crippen LogP contribution is -2.31. The predicted octanol–water partition coefficient (Wildman–Crippen LogP) is 2.27. The van der Waals surface area contributed by atoms with Crippen molar-refractivity contribution in [2.45, 2.75) is 34.0 Å². The molecule has 8 N–H and O–H groups in total. The molecule has 3 aromatic rings. The van der Waals surface area contributed by atoms with E-state index in [1.54, 1.807) is 21.1 Å². The normalized spacial score (nSPS) is 8.95. The largest absolute Gasteiger partial charge is 0.480 e. The molecule has 0 aliphatic carbocycles. The lowest BCUT2D eigenvalue weighted by molar-refractivity contribution is -0.137. The first-order chi connectivity index (χ1) is 20.5. The molecule has 0 saturated carbocycles. The van der Waals surface area contributed by atoms with Crippen LogP contribution in [0.4, 0.5) is 11.6 Å². The first-order valence-corrected chi connectivity index (χ1v) is 12.9. The van der Waals surface area contributed by atoms with Crippen molar-refractivity contribution in [3.8, 4) is 0 Å². The maximum absolute atomic E-state index is 11.4. The molecule has 1 heterocycles. The Kier molecular flexibility index (Phi) is 24.1. The number of aromatic nitrogens is 2. The first-order valence-electron chi connectivity index (χ1n) is 12.9. The Morgan fingerprint density at radius 1 is 0.791 bits per heavy atom. The molecule has 1 aromatic heterocycles. The number of carbonyl (C=O) groups excluding carboxylic acids is 2. The van der Waals surface area contributed by atoms with Crippen molar-refractivity contribution in [1.82, 2.24) is 20.6 Å². The monoisotopic (exact) mass is 602 g/mol. The van der Waals surface area contributed by atoms with Crippen LogP contribution in [0.15, 0.2) is 60.7 Å². The summed E-state index contributed by atoms with van der Waals surface area (Å²) in [5.41, 5.74) is 13.6. The molecule has 0 fully saturated rings. The molecule has 0 radical (unpaired) electrons. The molecule has 0 aliphatic heterocycles. The van der Waals surface area contributed by atoms with Crippen LogP contribution in [0.25, 0.3) is 0 Å². The maximum Gasteiger partial charge on any atom is 0.322 e. The average Bonchev–Trinajstić information content (AvgIpc) is 3.00. The van der Waals surface area contributed by atoms with Gasteiger partial charge in [-0.2, -0.15) is 0 Å². The minimum Gasteiger partial charge on any atom is -0.480 e. The van der Waals surface area contributed by atoms with E-state index in [2.05, 4.69) is 15.3 Å². The van der Waals surface area contributed by atoms with E-state index in [-0.39, 0.29) is 23.9 Å². The molecule has 0 unspecified atom stereocenters. The van der Waals surface area contributed by atoms with Crippen LogP contribution in [-0.4, -0.2) is 71.7 Å². The van der Waals surface area contributed by atoms with Crippen LogP contribution in [-0.2, 0) is 37.1 Å². The number of ether oxygens (including phenoxy) is 2. The van der Waals surface area contributed by atoms with Gasteiger partial charge in [0.25, 0.3) is 5.91 Å². The molecular formula is C29H42N6O8. The van der Waals surface area contributed by atoms with Gasteiger partial charge in [-0.05, 0) is 18.1 Å². The summed E-state index contributed by atoms with van der Waals surface area (Å²) in [7, 11) is 3.40. The van der Waals surface area contributed by atoms with Gasteiger partial charge in [0.15, 0.2) is 11.5 Å². The summed E-state index contributed by atoms with van der Waals surface area (Å²) in [5.74, 6) is -2.93. The van der Waals surface area contributed by atoms with E-state index >= 15 is 0 Å². The molecule has 2 amide bonds. The number of nitrogens with two attached hydrogens (primary N) is 2. The van der Waals surface area contributed by atoms with Gasteiger partial charge in [-0.1, -0.05) is 74.5 Å². The molecule has 0 saturated heterocycles. The van der Waals surface area contributed by atoms with Gasteiger partial charge in [-0.25, -0.2) is 9.97 Å². The van der Waals surface area contributed by atoms with E-state index < -0.39 is 24.4 Å². The first kappa shape index (κ1) is 40.1. The zero-order valence-electron chi connectivity index (χ0n) is 25.1. The van der Waals surface area contributed by atoms with Crippen molar-refractivity contribution < 1.29 is 38.9 Å². The standard InChI is InChI=1S/C8H11N5O3.2C8H10O.C3H5NO3.C2H6/c1-3-6(9)13-5(7(10)12-3)8(16)11-2-4(14)15;2*1-9-7-8-5-3-2-4-6-8;5-2-4-1-3(6)7;1-2/h2H2,1H3,(H2,9,13)(H2,10,12)(H,11,16)(H,14,15);2*2-6H,7H2,1H3;2H,1H2,(H,4,5)(H,6,7);1-2H3. The van der Waals surface area contributed by atoms with E-state index in [0.717, 1.165) is 0 Å². The molecule has 0 atom stereocenters. The van der Waals surface area contributed by atoms with Crippen molar-refractivity contribution in [2.24, 2.45) is 0 Å². The smallest absolute Gasteiger partial charge is 0.322 e. The fraction of sp³-hybridized carbons (Fsp3) is 0.310. The fourth-order valence-corrected chi connectivity index (χ4v) is 2.57. The van der Waals surface area contributed by atoms with Gasteiger partial charge < -0.3 is 41.8 Å². The second kappa shape index (κ2) is 25.9. The third-order valence-corrected chi connectivity index (χ3v) is 4.39. The molecule has 0 bridgehead atoms. The van der Waals surface area contributed by atoms with Crippen LogP contribution < -0.4 is 22.1 Å². The quantitative estimate of drug-likeness (QED) is 0.184. The number of aryl methyl sites for hydroxylation is 1. The number of nitrogen functional groups attached to an aromatic ring is 2. The van der Waals surface area contributed by atoms with Crippen LogP contribution in [0, 0.1) is 6.92 Å². The number of rotatable bonds is 10. The SMILES string of the molecule is CC.COCc1ccccc1.COCc1ccccc1.Cc1nc(N)c(C(=O)NCC(=O)O)nc1N.O=CNCC(=O)O. The van der Waals surface area contributed by atoms with Crippen LogP contribution in [0.5, 0.6) is 0 Å². The molecular weight excluding hydrogens is 560 g/mol. The van der Waals surface area contributed by atoms with Crippen molar-refractivity contribution in [2.75, 3.05) is 38.8 Å². The number of anilines is 2. The summed E-state index contributed by atoms with van der Waals surface area (Å²) in [4.78, 5) is 48.1. The summed E-state index contributed by atoms with van der Waals surface area (Å²) >= 11 is 0. The maximum atomic E-state index is 11.4. The third-order valence-electron chi connectivity index (χ3n) is 4.39. The number of benzene rings is 2. The molecule has 2 aromatic carbocycles. The lowest BCUT2D eigenvalue weighted by atomic mass is 10.2. The van der Waals surface area contributed by atoms with Crippen molar-refractivity contribution in [3.05, 3.63) is 83.2 Å². The molecule has 14 nitrogen and oxygen atoms in total. The number of methoxy groups -OCH3 is 2. The van der Waals surface area contributed by atoms with Crippen LogP contribution in [0.2, 0.25) is 0 Å². The number of nitrogens with zero attached hydrogens (tertiary/aromatic N) is 2. The van der Waals surface area contributed by atoms with Gasteiger partial charge in [0, 0.05) is 14.2 Å². The zero-order chi connectivity index (χ0) is 33.0. The number of aliphatic carboxylic acids is 2. The number of nitrogens with one attached hydrogen (secondary N) is 2. The minimum atomic E-state index is -1.17. The number of carboxylic acid groups (broad SMARTS) is 2. The number of hydrogen-bond donors (Lipinski definition) is 6. The Hall–Kier alpha value is -5.08. The Morgan fingerprint density at radius 3 is 1.58 bits per heavy atom. The number of carbonyl (C=O) groups is 4. The predicted molar refractivity (Wildman–Crippen MR) is 163 cm³/mol. The number of amides is 2. The van der Waals surface area contributed by atoms with Gasteiger partial charge in [-0.3, -0.25) is 19.2 Å². The summed E-state index contributed by atoms with van der Waals surface area (Å²) in [6.07, 6.45) is 0.341. The minimum absolute atomic E-state index is 0.0784. The molecule has 3 rings (SSSR count). The second-order valence-corrected chi connectivity index (χ2v) is 7.73. The van der Waals surface area contributed by atoms with Crippen LogP contribution >= 0.6 is 0 Å². The average molecular weight is 603 g/mol. The van der Waals surface area contributed by atoms with E-state index in [1.165, 1.54) is 11.1 Å². The summed E-state index contributed by atoms with van der Waals surface area (Å²) < 4.78 is 9.86. The van der Waals surface area contributed by atoms with Gasteiger partial charge in [0.05, 0.1) is 18.9 Å². The van der Waals surface area contributed by atoms with Crippen molar-refractivity contribution in [3.63, 3.8) is 0 Å². The zero-order valence-corrected chi connectivity index (χ0v) is 25.1. The topological polar surface area (TPSA) is 229 Å². The molecule has 14 heteroatoms.